The van der Waals surface area contributed by atoms with Gasteiger partial charge in [0.1, 0.15) is 18.1 Å². The van der Waals surface area contributed by atoms with Crippen molar-refractivity contribution in [1.82, 2.24) is 0 Å². The summed E-state index contributed by atoms with van der Waals surface area (Å²) >= 11 is 0. The van der Waals surface area contributed by atoms with Crippen molar-refractivity contribution >= 4 is 12.0 Å². The van der Waals surface area contributed by atoms with Gasteiger partial charge in [0.2, 0.25) is 0 Å². The summed E-state index contributed by atoms with van der Waals surface area (Å²) in [6, 6.07) is 27.3. The highest BCUT2D eigenvalue weighted by molar-refractivity contribution is 5.78. The van der Waals surface area contributed by atoms with E-state index in [4.69, 9.17) is 9.47 Å². The number of carbonyl (C=O) groups excluding carboxylic acids is 1. The Morgan fingerprint density at radius 1 is 0.867 bits per heavy atom. The molecule has 0 radical (unpaired) electrons. The van der Waals surface area contributed by atoms with Crippen molar-refractivity contribution in [2.45, 2.75) is 27.4 Å². The van der Waals surface area contributed by atoms with Gasteiger partial charge >= 0.3 is 5.97 Å². The molecule has 0 aliphatic heterocycles. The average Bonchev–Trinajstić information content (AvgIpc) is 2.74. The van der Waals surface area contributed by atoms with E-state index in [2.05, 4.69) is 6.08 Å². The Labute approximate surface area is 179 Å². The van der Waals surface area contributed by atoms with E-state index in [0.29, 0.717) is 0 Å². The van der Waals surface area contributed by atoms with Gasteiger partial charge in [-0.3, -0.25) is 4.79 Å². The quantitative estimate of drug-likeness (QED) is 0.386. The molecule has 0 aliphatic carbocycles. The minimum atomic E-state index is -0.283. The number of rotatable bonds is 8. The summed E-state index contributed by atoms with van der Waals surface area (Å²) in [7, 11) is 0. The zero-order chi connectivity index (χ0) is 21.3. The molecule has 3 rings (SSSR count). The Bertz CT molecular complexity index is 975. The normalized spacial score (nSPS) is 12.5. The number of hydrogen-bond acceptors (Lipinski definition) is 3. The van der Waals surface area contributed by atoms with E-state index in [1.54, 1.807) is 0 Å². The van der Waals surface area contributed by atoms with E-state index in [9.17, 15) is 4.79 Å². The molecule has 0 spiro atoms. The number of para-hydroxylation sites is 1. The molecule has 3 heteroatoms. The Kier molecular flexibility index (Phi) is 7.45. The highest BCUT2D eigenvalue weighted by atomic mass is 16.5. The SMILES string of the molecule is C/C(=C\c1ccccc1)C(C(=O)OCc1cccc(Oc2ccccc2)c1)C(C)C. The van der Waals surface area contributed by atoms with Crippen molar-refractivity contribution in [3.8, 4) is 11.5 Å². The molecule has 30 heavy (non-hydrogen) atoms. The van der Waals surface area contributed by atoms with Crippen molar-refractivity contribution in [2.75, 3.05) is 0 Å². The van der Waals surface area contributed by atoms with E-state index in [-0.39, 0.29) is 24.4 Å². The minimum absolute atomic E-state index is 0.144. The summed E-state index contributed by atoms with van der Waals surface area (Å²) in [5.41, 5.74) is 2.98. The summed E-state index contributed by atoms with van der Waals surface area (Å²) in [6.07, 6.45) is 2.06. The lowest BCUT2D eigenvalue weighted by Gasteiger charge is -2.20. The van der Waals surface area contributed by atoms with Gasteiger partial charge in [-0.25, -0.2) is 0 Å². The van der Waals surface area contributed by atoms with E-state index >= 15 is 0 Å². The van der Waals surface area contributed by atoms with Gasteiger partial charge in [-0.1, -0.05) is 86.2 Å². The topological polar surface area (TPSA) is 35.5 Å². The van der Waals surface area contributed by atoms with Gasteiger partial charge in [0.25, 0.3) is 0 Å². The Balaban J connectivity index is 1.66. The largest absolute Gasteiger partial charge is 0.460 e. The van der Waals surface area contributed by atoms with Crippen molar-refractivity contribution in [3.05, 3.63) is 102 Å². The number of esters is 1. The van der Waals surface area contributed by atoms with Crippen molar-refractivity contribution in [3.63, 3.8) is 0 Å². The molecule has 0 saturated carbocycles. The number of hydrogen-bond donors (Lipinski definition) is 0. The average molecular weight is 401 g/mol. The molecule has 0 saturated heterocycles. The standard InChI is InChI=1S/C27H28O3/c1-20(2)26(21(3)17-22-11-6-4-7-12-22)27(28)29-19-23-13-10-16-25(18-23)30-24-14-8-5-9-15-24/h4-18,20,26H,19H2,1-3H3/b21-17+. The van der Waals surface area contributed by atoms with Gasteiger partial charge in [0.15, 0.2) is 0 Å². The van der Waals surface area contributed by atoms with E-state index in [1.807, 2.05) is 106 Å². The Morgan fingerprint density at radius 2 is 1.50 bits per heavy atom. The molecule has 3 aromatic carbocycles. The van der Waals surface area contributed by atoms with Gasteiger partial charge in [-0.2, -0.15) is 0 Å². The molecule has 1 unspecified atom stereocenters. The maximum atomic E-state index is 12.9. The fraction of sp³-hybridized carbons (Fsp3) is 0.222. The molecule has 0 heterocycles. The second kappa shape index (κ2) is 10.4. The van der Waals surface area contributed by atoms with Crippen LogP contribution in [-0.2, 0) is 16.1 Å². The highest BCUT2D eigenvalue weighted by Crippen LogP contribution is 2.26. The maximum Gasteiger partial charge on any atom is 0.313 e. The van der Waals surface area contributed by atoms with Gasteiger partial charge in [-0.15, -0.1) is 0 Å². The van der Waals surface area contributed by atoms with Crippen LogP contribution in [-0.4, -0.2) is 5.97 Å². The third-order valence-corrected chi connectivity index (χ3v) is 4.86. The molecular formula is C27H28O3. The van der Waals surface area contributed by atoms with Crippen LogP contribution in [0.5, 0.6) is 11.5 Å². The summed E-state index contributed by atoms with van der Waals surface area (Å²) in [4.78, 5) is 12.9. The number of benzene rings is 3. The van der Waals surface area contributed by atoms with E-state index in [1.165, 1.54) is 0 Å². The maximum absolute atomic E-state index is 12.9. The summed E-state index contributed by atoms with van der Waals surface area (Å²) in [5.74, 6) is 1.15. The van der Waals surface area contributed by atoms with Crippen molar-refractivity contribution in [1.29, 1.82) is 0 Å². The highest BCUT2D eigenvalue weighted by Gasteiger charge is 2.25. The lowest BCUT2D eigenvalue weighted by atomic mass is 9.88. The first-order chi connectivity index (χ1) is 14.5. The van der Waals surface area contributed by atoms with E-state index in [0.717, 1.165) is 28.2 Å². The molecule has 154 valence electrons. The monoisotopic (exact) mass is 400 g/mol. The molecule has 3 nitrogen and oxygen atoms in total. The van der Waals surface area contributed by atoms with Crippen LogP contribution in [0.15, 0.2) is 90.5 Å². The molecular weight excluding hydrogens is 372 g/mol. The second-order valence-corrected chi connectivity index (χ2v) is 7.69. The van der Waals surface area contributed by atoms with Gasteiger partial charge in [0.05, 0.1) is 5.92 Å². The smallest absolute Gasteiger partial charge is 0.313 e. The number of ether oxygens (including phenoxy) is 2. The zero-order valence-electron chi connectivity index (χ0n) is 17.7. The molecule has 0 aromatic heterocycles. The summed E-state index contributed by atoms with van der Waals surface area (Å²) < 4.78 is 11.5. The molecule has 0 N–H and O–H groups in total. The Morgan fingerprint density at radius 3 is 2.17 bits per heavy atom. The van der Waals surface area contributed by atoms with Crippen LogP contribution < -0.4 is 4.74 Å². The van der Waals surface area contributed by atoms with Gasteiger partial charge in [-0.05, 0) is 48.2 Å². The molecule has 0 amide bonds. The lowest BCUT2D eigenvalue weighted by Crippen LogP contribution is -2.23. The van der Waals surface area contributed by atoms with Gasteiger partial charge < -0.3 is 9.47 Å². The van der Waals surface area contributed by atoms with Crippen molar-refractivity contribution < 1.29 is 14.3 Å². The first kappa shape index (κ1) is 21.4. The van der Waals surface area contributed by atoms with Crippen LogP contribution in [0.1, 0.15) is 31.9 Å². The van der Waals surface area contributed by atoms with Crippen LogP contribution in [0.4, 0.5) is 0 Å². The summed E-state index contributed by atoms with van der Waals surface area (Å²) in [6.45, 7) is 6.30. The first-order valence-corrected chi connectivity index (χ1v) is 10.2. The second-order valence-electron chi connectivity index (χ2n) is 7.69. The molecule has 3 aromatic rings. The molecule has 0 aliphatic rings. The predicted molar refractivity (Wildman–Crippen MR) is 121 cm³/mol. The van der Waals surface area contributed by atoms with Crippen LogP contribution in [0.3, 0.4) is 0 Å². The predicted octanol–water partition coefficient (Wildman–Crippen LogP) is 6.90. The van der Waals surface area contributed by atoms with Crippen molar-refractivity contribution in [2.24, 2.45) is 11.8 Å². The molecule has 1 atom stereocenters. The van der Waals surface area contributed by atoms with Crippen LogP contribution in [0.25, 0.3) is 6.08 Å². The third-order valence-electron chi connectivity index (χ3n) is 4.86. The molecule has 0 bridgehead atoms. The lowest BCUT2D eigenvalue weighted by molar-refractivity contribution is -0.149. The van der Waals surface area contributed by atoms with E-state index < -0.39 is 0 Å². The van der Waals surface area contributed by atoms with Crippen LogP contribution in [0.2, 0.25) is 0 Å². The zero-order valence-corrected chi connectivity index (χ0v) is 17.7. The van der Waals surface area contributed by atoms with Crippen LogP contribution >= 0.6 is 0 Å². The van der Waals surface area contributed by atoms with Gasteiger partial charge in [0, 0.05) is 0 Å². The third kappa shape index (κ3) is 6.08. The number of carbonyl (C=O) groups is 1. The Hall–Kier alpha value is -3.33. The fourth-order valence-corrected chi connectivity index (χ4v) is 3.45. The fourth-order valence-electron chi connectivity index (χ4n) is 3.45. The first-order valence-electron chi connectivity index (χ1n) is 10.2. The van der Waals surface area contributed by atoms with Crippen LogP contribution in [0, 0.1) is 11.8 Å². The molecule has 0 fully saturated rings. The minimum Gasteiger partial charge on any atom is -0.460 e. The summed E-state index contributed by atoms with van der Waals surface area (Å²) in [5, 5.41) is 0.